The second-order valence-electron chi connectivity index (χ2n) is 7.29. The Bertz CT molecular complexity index is 599. The first-order chi connectivity index (χ1) is 11.8. The van der Waals surface area contributed by atoms with E-state index in [0.29, 0.717) is 17.2 Å². The molecule has 9 heteroatoms. The Morgan fingerprint density at radius 3 is 2.50 bits per heavy atom. The minimum Gasteiger partial charge on any atom is -0.480 e. The van der Waals surface area contributed by atoms with Crippen molar-refractivity contribution in [2.75, 3.05) is 51.8 Å². The zero-order chi connectivity index (χ0) is 18.4. The molecule has 26 heavy (non-hydrogen) atoms. The van der Waals surface area contributed by atoms with Crippen LogP contribution < -0.4 is 15.0 Å². The number of methoxy groups -OCH3 is 1. The molecule has 0 radical (unpaired) electrons. The average Bonchev–Trinajstić information content (AvgIpc) is 2.58. The summed E-state index contributed by atoms with van der Waals surface area (Å²) in [5, 5.41) is 3.48. The summed E-state index contributed by atoms with van der Waals surface area (Å²) in [7, 11) is 3.45. The smallest absolute Gasteiger partial charge is 0.232 e. The lowest BCUT2D eigenvalue weighted by Gasteiger charge is -2.36. The van der Waals surface area contributed by atoms with E-state index < -0.39 is 0 Å². The highest BCUT2D eigenvalue weighted by molar-refractivity contribution is 14.0. The van der Waals surface area contributed by atoms with E-state index >= 15 is 0 Å². The van der Waals surface area contributed by atoms with Crippen LogP contribution in [0.4, 0.5) is 5.95 Å². The molecule has 1 saturated heterocycles. The number of aromatic nitrogens is 2. The summed E-state index contributed by atoms with van der Waals surface area (Å²) in [5.74, 6) is 2.24. The number of hydrogen-bond acceptors (Lipinski definition) is 5. The fraction of sp³-hybridized carbons (Fsp3) is 0.706. The van der Waals surface area contributed by atoms with Gasteiger partial charge in [-0.05, 0) is 27.8 Å². The summed E-state index contributed by atoms with van der Waals surface area (Å²) in [6, 6.07) is 0. The van der Waals surface area contributed by atoms with Crippen LogP contribution in [0, 0.1) is 5.41 Å². The van der Waals surface area contributed by atoms with Crippen LogP contribution >= 0.6 is 39.9 Å². The van der Waals surface area contributed by atoms with E-state index in [-0.39, 0.29) is 24.0 Å². The van der Waals surface area contributed by atoms with Gasteiger partial charge < -0.3 is 19.9 Å². The van der Waals surface area contributed by atoms with Crippen LogP contribution in [0.5, 0.6) is 5.88 Å². The zero-order valence-electron chi connectivity index (χ0n) is 16.3. The number of hydrogen-bond donors (Lipinski definition) is 1. The van der Waals surface area contributed by atoms with Gasteiger partial charge in [0, 0.05) is 39.8 Å². The Morgan fingerprint density at radius 2 is 1.96 bits per heavy atom. The average molecular weight is 541 g/mol. The highest BCUT2D eigenvalue weighted by Crippen LogP contribution is 2.24. The van der Waals surface area contributed by atoms with Crippen molar-refractivity contribution in [2.45, 2.75) is 27.2 Å². The summed E-state index contributed by atoms with van der Waals surface area (Å²) in [4.78, 5) is 17.7. The SMILES string of the molecule is CN=C(NCCC(C)(C)C)N1CCN(c2ncc(Br)c(OC)n2)CC1.I. The maximum atomic E-state index is 5.26. The molecule has 0 aromatic carbocycles. The van der Waals surface area contributed by atoms with Crippen molar-refractivity contribution in [3.8, 4) is 5.88 Å². The lowest BCUT2D eigenvalue weighted by Crippen LogP contribution is -2.53. The van der Waals surface area contributed by atoms with Crippen molar-refractivity contribution in [1.29, 1.82) is 0 Å². The highest BCUT2D eigenvalue weighted by atomic mass is 127. The third-order valence-corrected chi connectivity index (χ3v) is 4.67. The van der Waals surface area contributed by atoms with Crippen LogP contribution in [-0.4, -0.2) is 67.7 Å². The van der Waals surface area contributed by atoms with E-state index in [9.17, 15) is 0 Å². The second kappa shape index (κ2) is 10.5. The molecule has 0 bridgehead atoms. The van der Waals surface area contributed by atoms with E-state index in [1.54, 1.807) is 13.3 Å². The van der Waals surface area contributed by atoms with Crippen molar-refractivity contribution in [3.63, 3.8) is 0 Å². The first kappa shape index (κ1) is 23.2. The first-order valence-electron chi connectivity index (χ1n) is 8.61. The minimum atomic E-state index is 0. The van der Waals surface area contributed by atoms with Crippen molar-refractivity contribution in [2.24, 2.45) is 10.4 Å². The fourth-order valence-electron chi connectivity index (χ4n) is 2.64. The minimum absolute atomic E-state index is 0. The van der Waals surface area contributed by atoms with Crippen LogP contribution in [0.15, 0.2) is 15.7 Å². The van der Waals surface area contributed by atoms with Gasteiger partial charge in [-0.25, -0.2) is 4.98 Å². The van der Waals surface area contributed by atoms with E-state index in [2.05, 4.69) is 66.8 Å². The molecule has 2 rings (SSSR count). The number of halogens is 2. The standard InChI is InChI=1S/C17H29BrN6O.HI/c1-17(2,3)6-7-20-15(19-4)23-8-10-24(11-9-23)16-21-12-13(18)14(22-16)25-5;/h12H,6-11H2,1-5H3,(H,19,20);1H. The summed E-state index contributed by atoms with van der Waals surface area (Å²) >= 11 is 3.39. The topological polar surface area (TPSA) is 65.9 Å². The van der Waals surface area contributed by atoms with Gasteiger partial charge in [0.05, 0.1) is 17.8 Å². The number of piperazine rings is 1. The molecule has 148 valence electrons. The van der Waals surface area contributed by atoms with Crippen molar-refractivity contribution in [1.82, 2.24) is 20.2 Å². The molecule has 0 unspecified atom stereocenters. The predicted octanol–water partition coefficient (Wildman–Crippen LogP) is 3.00. The van der Waals surface area contributed by atoms with Gasteiger partial charge in [0.2, 0.25) is 11.8 Å². The molecule has 0 atom stereocenters. The summed E-state index contributed by atoms with van der Waals surface area (Å²) in [5.41, 5.74) is 0.322. The van der Waals surface area contributed by atoms with Gasteiger partial charge in [-0.3, -0.25) is 4.99 Å². The van der Waals surface area contributed by atoms with Crippen LogP contribution in [0.25, 0.3) is 0 Å². The quantitative estimate of drug-likeness (QED) is 0.360. The molecule has 1 aromatic rings. The van der Waals surface area contributed by atoms with Gasteiger partial charge in [-0.2, -0.15) is 4.98 Å². The summed E-state index contributed by atoms with van der Waals surface area (Å²) in [6.07, 6.45) is 2.85. The van der Waals surface area contributed by atoms with Gasteiger partial charge in [0.15, 0.2) is 5.96 Å². The lowest BCUT2D eigenvalue weighted by atomic mass is 9.92. The van der Waals surface area contributed by atoms with Gasteiger partial charge in [0.25, 0.3) is 0 Å². The van der Waals surface area contributed by atoms with Crippen molar-refractivity contribution >= 4 is 51.8 Å². The van der Waals surface area contributed by atoms with Gasteiger partial charge in [-0.15, -0.1) is 24.0 Å². The van der Waals surface area contributed by atoms with Crippen LogP contribution in [0.3, 0.4) is 0 Å². The molecule has 7 nitrogen and oxygen atoms in total. The zero-order valence-corrected chi connectivity index (χ0v) is 20.2. The number of ether oxygens (including phenoxy) is 1. The van der Waals surface area contributed by atoms with Crippen molar-refractivity contribution in [3.05, 3.63) is 10.7 Å². The Balaban J connectivity index is 0.00000338. The van der Waals surface area contributed by atoms with E-state index in [1.165, 1.54) is 0 Å². The Kier molecular flexibility index (Phi) is 9.35. The molecule has 0 amide bonds. The molecule has 0 aliphatic carbocycles. The van der Waals surface area contributed by atoms with E-state index in [4.69, 9.17) is 4.74 Å². The second-order valence-corrected chi connectivity index (χ2v) is 8.14. The number of nitrogens with one attached hydrogen (secondary N) is 1. The third-order valence-electron chi connectivity index (χ3n) is 4.12. The number of nitrogens with zero attached hydrogens (tertiary/aromatic N) is 5. The van der Waals surface area contributed by atoms with Crippen molar-refractivity contribution < 1.29 is 4.74 Å². The highest BCUT2D eigenvalue weighted by Gasteiger charge is 2.22. The molecule has 0 saturated carbocycles. The van der Waals surface area contributed by atoms with Gasteiger partial charge in [-0.1, -0.05) is 20.8 Å². The predicted molar refractivity (Wildman–Crippen MR) is 121 cm³/mol. The Hall–Kier alpha value is -0.840. The summed E-state index contributed by atoms with van der Waals surface area (Å²) < 4.78 is 6.03. The molecule has 1 N–H and O–H groups in total. The van der Waals surface area contributed by atoms with Crippen LogP contribution in [-0.2, 0) is 0 Å². The number of guanidine groups is 1. The summed E-state index contributed by atoms with van der Waals surface area (Å²) in [6.45, 7) is 11.2. The normalized spacial score (nSPS) is 15.5. The maximum absolute atomic E-state index is 5.26. The van der Waals surface area contributed by atoms with Gasteiger partial charge >= 0.3 is 0 Å². The molecular weight excluding hydrogens is 511 g/mol. The third kappa shape index (κ3) is 6.71. The number of rotatable bonds is 4. The van der Waals surface area contributed by atoms with Crippen LogP contribution in [0.1, 0.15) is 27.2 Å². The molecule has 1 fully saturated rings. The Morgan fingerprint density at radius 1 is 1.31 bits per heavy atom. The Labute approximate surface area is 182 Å². The fourth-order valence-corrected chi connectivity index (χ4v) is 2.99. The number of aliphatic imine (C=N–C) groups is 1. The van der Waals surface area contributed by atoms with E-state index in [1.807, 2.05) is 7.05 Å². The molecule has 1 aliphatic rings. The molecule has 1 aromatic heterocycles. The largest absolute Gasteiger partial charge is 0.480 e. The first-order valence-corrected chi connectivity index (χ1v) is 9.40. The molecule has 0 spiro atoms. The molecule has 2 heterocycles. The van der Waals surface area contributed by atoms with Crippen LogP contribution in [0.2, 0.25) is 0 Å². The van der Waals surface area contributed by atoms with E-state index in [0.717, 1.165) is 49.6 Å². The maximum Gasteiger partial charge on any atom is 0.232 e. The number of anilines is 1. The monoisotopic (exact) mass is 540 g/mol. The molecular formula is C17H30BrIN6O. The van der Waals surface area contributed by atoms with Gasteiger partial charge in [0.1, 0.15) is 0 Å². The lowest BCUT2D eigenvalue weighted by molar-refractivity contribution is 0.351. The molecule has 1 aliphatic heterocycles.